The zero-order valence-electron chi connectivity index (χ0n) is 13.0. The lowest BCUT2D eigenvalue weighted by Gasteiger charge is -2.39. The maximum absolute atomic E-state index is 11.7. The van der Waals surface area contributed by atoms with Crippen molar-refractivity contribution >= 4 is 15.8 Å². The molecule has 0 amide bonds. The molecule has 2 aliphatic heterocycles. The van der Waals surface area contributed by atoms with Gasteiger partial charge in [-0.25, -0.2) is 18.5 Å². The molecule has 0 aromatic carbocycles. The Labute approximate surface area is 132 Å². The number of likely N-dealkylation sites (tertiary alicyclic amines) is 1. The molecule has 1 aromatic rings. The van der Waals surface area contributed by atoms with Crippen LogP contribution >= 0.6 is 0 Å². The van der Waals surface area contributed by atoms with E-state index in [2.05, 4.69) is 21.7 Å². The Kier molecular flexibility index (Phi) is 4.38. The summed E-state index contributed by atoms with van der Waals surface area (Å²) in [7, 11) is -3.74. The third-order valence-corrected chi connectivity index (χ3v) is 5.83. The number of nitrogens with two attached hydrogens (primary N) is 1. The van der Waals surface area contributed by atoms with E-state index in [0.29, 0.717) is 17.9 Å². The molecule has 22 heavy (non-hydrogen) atoms. The molecule has 2 fully saturated rings. The molecule has 0 bridgehead atoms. The summed E-state index contributed by atoms with van der Waals surface area (Å²) in [4.78, 5) is 9.05. The number of sulfonamides is 1. The molecule has 1 atom stereocenters. The summed E-state index contributed by atoms with van der Waals surface area (Å²) in [5.41, 5.74) is 0. The number of rotatable bonds is 3. The highest BCUT2D eigenvalue weighted by atomic mass is 32.2. The van der Waals surface area contributed by atoms with Gasteiger partial charge in [0.05, 0.1) is 0 Å². The van der Waals surface area contributed by atoms with Crippen molar-refractivity contribution in [2.45, 2.75) is 49.6 Å². The lowest BCUT2D eigenvalue weighted by molar-refractivity contribution is 0.163. The fourth-order valence-electron chi connectivity index (χ4n) is 3.75. The van der Waals surface area contributed by atoms with Crippen LogP contribution < -0.4 is 10.0 Å². The Balaban J connectivity index is 1.72. The minimum Gasteiger partial charge on any atom is -0.355 e. The van der Waals surface area contributed by atoms with Crippen LogP contribution in [-0.4, -0.2) is 50.0 Å². The van der Waals surface area contributed by atoms with E-state index in [4.69, 9.17) is 5.14 Å². The molecular weight excluding hydrogens is 300 g/mol. The molecule has 7 heteroatoms. The van der Waals surface area contributed by atoms with E-state index in [-0.39, 0.29) is 4.90 Å². The Bertz CT molecular complexity index is 626. The second-order valence-electron chi connectivity index (χ2n) is 6.32. The van der Waals surface area contributed by atoms with Gasteiger partial charge in [0, 0.05) is 31.4 Å². The van der Waals surface area contributed by atoms with Gasteiger partial charge in [0.25, 0.3) is 0 Å². The average Bonchev–Trinajstić information content (AvgIpc) is 2.93. The van der Waals surface area contributed by atoms with Crippen molar-refractivity contribution in [3.8, 4) is 0 Å². The molecule has 2 aliphatic rings. The van der Waals surface area contributed by atoms with Crippen molar-refractivity contribution in [3.05, 3.63) is 18.3 Å². The second kappa shape index (κ2) is 6.14. The first kappa shape index (κ1) is 15.7. The first-order valence-corrected chi connectivity index (χ1v) is 9.50. The molecule has 0 saturated carbocycles. The van der Waals surface area contributed by atoms with Gasteiger partial charge in [-0.05, 0) is 51.3 Å². The number of anilines is 1. The fraction of sp³-hybridized carbons (Fsp3) is 0.667. The molecule has 3 rings (SSSR count). The fourth-order valence-corrected chi connectivity index (χ4v) is 4.45. The number of piperidine rings is 1. The molecular formula is C15H24N4O2S. The molecule has 0 radical (unpaired) electrons. The van der Waals surface area contributed by atoms with Crippen LogP contribution in [0.2, 0.25) is 0 Å². The molecule has 1 unspecified atom stereocenters. The lowest BCUT2D eigenvalue weighted by atomic mass is 10.0. The standard InChI is InChI=1S/C15H24N4O2S/c1-12-4-3-9-19(12)13-6-10-18(11-7-13)15-14(22(16,20)21)5-2-8-17-15/h2,5,8,12-13H,3-4,6-7,9-11H2,1H3,(H2,16,20,21). The van der Waals surface area contributed by atoms with E-state index in [1.54, 1.807) is 12.3 Å². The predicted octanol–water partition coefficient (Wildman–Crippen LogP) is 1.18. The van der Waals surface area contributed by atoms with E-state index in [1.807, 2.05) is 0 Å². The predicted molar refractivity (Wildman–Crippen MR) is 86.2 cm³/mol. The number of pyridine rings is 1. The van der Waals surface area contributed by atoms with Gasteiger partial charge < -0.3 is 4.90 Å². The Morgan fingerprint density at radius 2 is 1.95 bits per heavy atom. The monoisotopic (exact) mass is 324 g/mol. The van der Waals surface area contributed by atoms with Gasteiger partial charge in [-0.3, -0.25) is 4.90 Å². The van der Waals surface area contributed by atoms with Crippen molar-refractivity contribution in [1.29, 1.82) is 0 Å². The van der Waals surface area contributed by atoms with Gasteiger partial charge in [0.15, 0.2) is 0 Å². The van der Waals surface area contributed by atoms with Gasteiger partial charge in [-0.2, -0.15) is 0 Å². The number of hydrogen-bond donors (Lipinski definition) is 1. The van der Waals surface area contributed by atoms with Crippen LogP contribution in [0.15, 0.2) is 23.2 Å². The van der Waals surface area contributed by atoms with E-state index in [9.17, 15) is 8.42 Å². The number of aromatic nitrogens is 1. The summed E-state index contributed by atoms with van der Waals surface area (Å²) >= 11 is 0. The van der Waals surface area contributed by atoms with Crippen LogP contribution in [0.5, 0.6) is 0 Å². The Hall–Kier alpha value is -1.18. The van der Waals surface area contributed by atoms with Gasteiger partial charge in [0.2, 0.25) is 10.0 Å². The zero-order chi connectivity index (χ0) is 15.7. The first-order valence-electron chi connectivity index (χ1n) is 7.95. The van der Waals surface area contributed by atoms with Crippen LogP contribution in [-0.2, 0) is 10.0 Å². The Morgan fingerprint density at radius 3 is 2.55 bits per heavy atom. The van der Waals surface area contributed by atoms with Crippen LogP contribution in [0.25, 0.3) is 0 Å². The van der Waals surface area contributed by atoms with Gasteiger partial charge in [0.1, 0.15) is 10.7 Å². The van der Waals surface area contributed by atoms with Crippen LogP contribution in [0.3, 0.4) is 0 Å². The van der Waals surface area contributed by atoms with Crippen molar-refractivity contribution in [2.24, 2.45) is 5.14 Å². The minimum absolute atomic E-state index is 0.128. The Morgan fingerprint density at radius 1 is 1.23 bits per heavy atom. The number of primary sulfonamides is 1. The van der Waals surface area contributed by atoms with E-state index < -0.39 is 10.0 Å². The SMILES string of the molecule is CC1CCCN1C1CCN(c2ncccc2S(N)(=O)=O)CC1. The average molecular weight is 324 g/mol. The van der Waals surface area contributed by atoms with E-state index in [1.165, 1.54) is 25.5 Å². The summed E-state index contributed by atoms with van der Waals surface area (Å²) in [5, 5.41) is 5.31. The molecule has 0 aliphatic carbocycles. The number of nitrogens with zero attached hydrogens (tertiary/aromatic N) is 3. The topological polar surface area (TPSA) is 79.5 Å². The summed E-state index contributed by atoms with van der Waals surface area (Å²) in [6, 6.07) is 4.43. The van der Waals surface area contributed by atoms with Crippen molar-refractivity contribution in [1.82, 2.24) is 9.88 Å². The third kappa shape index (κ3) is 3.11. The largest absolute Gasteiger partial charge is 0.355 e. The third-order valence-electron chi connectivity index (χ3n) is 4.89. The summed E-state index contributed by atoms with van der Waals surface area (Å²) in [6.07, 6.45) is 6.29. The van der Waals surface area contributed by atoms with Crippen LogP contribution in [0, 0.1) is 0 Å². The molecule has 2 saturated heterocycles. The molecule has 1 aromatic heterocycles. The van der Waals surface area contributed by atoms with Gasteiger partial charge in [-0.15, -0.1) is 0 Å². The van der Waals surface area contributed by atoms with Crippen molar-refractivity contribution in [3.63, 3.8) is 0 Å². The molecule has 2 N–H and O–H groups in total. The summed E-state index contributed by atoms with van der Waals surface area (Å²) in [6.45, 7) is 5.15. The first-order chi connectivity index (χ1) is 10.5. The van der Waals surface area contributed by atoms with Gasteiger partial charge in [-0.1, -0.05) is 0 Å². The van der Waals surface area contributed by atoms with E-state index >= 15 is 0 Å². The maximum atomic E-state index is 11.7. The molecule has 122 valence electrons. The maximum Gasteiger partial charge on any atom is 0.241 e. The van der Waals surface area contributed by atoms with E-state index in [0.717, 1.165) is 25.9 Å². The lowest BCUT2D eigenvalue weighted by Crippen LogP contribution is -2.46. The molecule has 0 spiro atoms. The van der Waals surface area contributed by atoms with Gasteiger partial charge >= 0.3 is 0 Å². The van der Waals surface area contributed by atoms with Crippen LogP contribution in [0.1, 0.15) is 32.6 Å². The highest BCUT2D eigenvalue weighted by molar-refractivity contribution is 7.89. The molecule has 6 nitrogen and oxygen atoms in total. The zero-order valence-corrected chi connectivity index (χ0v) is 13.8. The smallest absolute Gasteiger partial charge is 0.241 e. The second-order valence-corrected chi connectivity index (χ2v) is 7.85. The van der Waals surface area contributed by atoms with Crippen molar-refractivity contribution in [2.75, 3.05) is 24.5 Å². The summed E-state index contributed by atoms with van der Waals surface area (Å²) < 4.78 is 23.4. The number of hydrogen-bond acceptors (Lipinski definition) is 5. The normalized spacial score (nSPS) is 24.8. The van der Waals surface area contributed by atoms with Crippen LogP contribution in [0.4, 0.5) is 5.82 Å². The highest BCUT2D eigenvalue weighted by Crippen LogP contribution is 2.29. The molecule has 3 heterocycles. The minimum atomic E-state index is -3.74. The summed E-state index contributed by atoms with van der Waals surface area (Å²) in [5.74, 6) is 0.498. The van der Waals surface area contributed by atoms with Crippen molar-refractivity contribution < 1.29 is 8.42 Å². The highest BCUT2D eigenvalue weighted by Gasteiger charge is 2.31. The quantitative estimate of drug-likeness (QED) is 0.903.